The van der Waals surface area contributed by atoms with E-state index >= 15 is 0 Å². The van der Waals surface area contributed by atoms with Gasteiger partial charge in [-0.2, -0.15) is 0 Å². The largest absolute Gasteiger partial charge is 0.508 e. The summed E-state index contributed by atoms with van der Waals surface area (Å²) in [5.74, 6) is 1.16. The Morgan fingerprint density at radius 3 is 2.42 bits per heavy atom. The summed E-state index contributed by atoms with van der Waals surface area (Å²) in [6.45, 7) is 11.1. The average molecular weight is 446 g/mol. The van der Waals surface area contributed by atoms with Crippen LogP contribution in [0.5, 0.6) is 11.5 Å². The van der Waals surface area contributed by atoms with Crippen LogP contribution in [0, 0.1) is 4.64 Å². The lowest BCUT2D eigenvalue weighted by Gasteiger charge is -2.23. The maximum Gasteiger partial charge on any atom is 0.128 e. The fourth-order valence-electron chi connectivity index (χ4n) is 3.68. The fourth-order valence-corrected chi connectivity index (χ4v) is 4.00. The molecule has 0 spiro atoms. The second kappa shape index (κ2) is 10.6. The molecule has 2 rings (SSSR count). The summed E-state index contributed by atoms with van der Waals surface area (Å²) in [6.07, 6.45) is 3.65. The van der Waals surface area contributed by atoms with Crippen molar-refractivity contribution in [1.29, 1.82) is 0 Å². The minimum absolute atomic E-state index is 0.000142. The number of aromatic nitrogens is 2. The lowest BCUT2D eigenvalue weighted by molar-refractivity contribution is 0.255. The van der Waals surface area contributed by atoms with Crippen LogP contribution in [0.2, 0.25) is 0 Å². The minimum Gasteiger partial charge on any atom is -0.508 e. The fraction of sp³-hybridized carbons (Fsp3) is 0.458. The summed E-state index contributed by atoms with van der Waals surface area (Å²) in [7, 11) is 3.77. The second-order valence-corrected chi connectivity index (χ2v) is 8.35. The highest BCUT2D eigenvalue weighted by molar-refractivity contribution is 7.71. The van der Waals surface area contributed by atoms with E-state index in [1.165, 1.54) is 6.07 Å². The molecule has 7 heteroatoms. The summed E-state index contributed by atoms with van der Waals surface area (Å²) in [6, 6.07) is 3.21. The molecule has 170 valence electrons. The molecule has 1 heterocycles. The number of allylic oxidation sites excluding steroid dienone is 3. The van der Waals surface area contributed by atoms with Crippen LogP contribution in [-0.4, -0.2) is 46.0 Å². The van der Waals surface area contributed by atoms with Gasteiger partial charge in [0.1, 0.15) is 21.9 Å². The van der Waals surface area contributed by atoms with E-state index in [-0.39, 0.29) is 17.4 Å². The number of benzene rings is 1. The Hall–Kier alpha value is -2.67. The van der Waals surface area contributed by atoms with Gasteiger partial charge in [-0.15, -0.1) is 0 Å². The molecule has 0 amide bonds. The van der Waals surface area contributed by atoms with Crippen LogP contribution in [0.3, 0.4) is 0 Å². The summed E-state index contributed by atoms with van der Waals surface area (Å²) >= 11 is 5.55. The van der Waals surface area contributed by atoms with E-state index in [0.29, 0.717) is 22.3 Å². The highest BCUT2D eigenvalue weighted by Crippen LogP contribution is 2.40. The number of H-pyrrole nitrogens is 2. The molecule has 0 aliphatic carbocycles. The van der Waals surface area contributed by atoms with E-state index in [9.17, 15) is 10.2 Å². The molecule has 2 aromatic rings. The molecule has 4 N–H and O–H groups in total. The van der Waals surface area contributed by atoms with Crippen LogP contribution in [0.1, 0.15) is 64.5 Å². The van der Waals surface area contributed by atoms with Gasteiger partial charge in [0.05, 0.1) is 18.5 Å². The summed E-state index contributed by atoms with van der Waals surface area (Å²) < 4.78 is 6.17. The van der Waals surface area contributed by atoms with Crippen molar-refractivity contribution in [1.82, 2.24) is 15.1 Å². The van der Waals surface area contributed by atoms with Gasteiger partial charge in [-0.05, 0) is 37.0 Å². The number of phenolic OH excluding ortho intramolecular Hbond substituents is 2. The summed E-state index contributed by atoms with van der Waals surface area (Å²) in [5.41, 5.74) is 5.03. The Morgan fingerprint density at radius 2 is 1.87 bits per heavy atom. The van der Waals surface area contributed by atoms with E-state index in [2.05, 4.69) is 42.1 Å². The van der Waals surface area contributed by atoms with Gasteiger partial charge in [-0.3, -0.25) is 10.2 Å². The molecule has 0 aliphatic rings. The van der Waals surface area contributed by atoms with Gasteiger partial charge in [0.25, 0.3) is 0 Å². The maximum absolute atomic E-state index is 10.5. The van der Waals surface area contributed by atoms with Crippen molar-refractivity contribution in [2.24, 2.45) is 0 Å². The van der Waals surface area contributed by atoms with Gasteiger partial charge in [-0.1, -0.05) is 39.1 Å². The third-order valence-corrected chi connectivity index (χ3v) is 5.94. The number of methoxy groups -OCH3 is 1. The molecule has 0 unspecified atom stereocenters. The maximum atomic E-state index is 10.5. The molecule has 0 saturated carbocycles. The zero-order chi connectivity index (χ0) is 23.3. The zero-order valence-corrected chi connectivity index (χ0v) is 20.4. The van der Waals surface area contributed by atoms with Crippen molar-refractivity contribution < 1.29 is 14.9 Å². The number of phenols is 2. The van der Waals surface area contributed by atoms with Crippen molar-refractivity contribution >= 4 is 17.8 Å². The SMILES string of the molecule is CC/C(OC)=C(\C/C=C(\C)c1c(-c2cc(C(C)C)c(O)cc2O)[nH][nH]c1=S)N(C)CC. The molecular weight excluding hydrogens is 410 g/mol. The molecule has 1 aromatic carbocycles. The molecule has 0 atom stereocenters. The number of aromatic amines is 2. The lowest BCUT2D eigenvalue weighted by Crippen LogP contribution is -2.19. The third kappa shape index (κ3) is 5.34. The van der Waals surface area contributed by atoms with E-state index in [1.807, 2.05) is 26.8 Å². The predicted molar refractivity (Wildman–Crippen MR) is 130 cm³/mol. The number of rotatable bonds is 9. The Bertz CT molecular complexity index is 1030. The first-order valence-corrected chi connectivity index (χ1v) is 11.1. The Kier molecular flexibility index (Phi) is 8.39. The molecule has 0 aliphatic heterocycles. The van der Waals surface area contributed by atoms with Gasteiger partial charge in [0.15, 0.2) is 0 Å². The van der Waals surface area contributed by atoms with Gasteiger partial charge in [0.2, 0.25) is 0 Å². The number of nitrogens with zero attached hydrogens (tertiary/aromatic N) is 1. The first kappa shape index (κ1) is 24.6. The predicted octanol–water partition coefficient (Wildman–Crippen LogP) is 6.29. The Labute approximate surface area is 190 Å². The molecule has 0 fully saturated rings. The lowest BCUT2D eigenvalue weighted by atomic mass is 9.95. The van der Waals surface area contributed by atoms with Gasteiger partial charge in [0, 0.05) is 43.6 Å². The van der Waals surface area contributed by atoms with E-state index in [1.54, 1.807) is 7.11 Å². The van der Waals surface area contributed by atoms with Gasteiger partial charge >= 0.3 is 0 Å². The van der Waals surface area contributed by atoms with Crippen LogP contribution < -0.4 is 0 Å². The smallest absolute Gasteiger partial charge is 0.128 e. The van der Waals surface area contributed by atoms with Crippen LogP contribution in [0.25, 0.3) is 16.8 Å². The molecule has 1 aromatic heterocycles. The van der Waals surface area contributed by atoms with Crippen LogP contribution in [-0.2, 0) is 4.74 Å². The Balaban J connectivity index is 2.55. The van der Waals surface area contributed by atoms with Crippen molar-refractivity contribution in [2.45, 2.75) is 53.4 Å². The number of ether oxygens (including phenoxy) is 1. The average Bonchev–Trinajstić information content (AvgIpc) is 3.11. The highest BCUT2D eigenvalue weighted by atomic mass is 32.1. The third-order valence-electron chi connectivity index (χ3n) is 5.63. The molecule has 0 radical (unpaired) electrons. The molecule has 6 nitrogen and oxygen atoms in total. The van der Waals surface area contributed by atoms with Crippen molar-refractivity contribution in [3.8, 4) is 22.8 Å². The van der Waals surface area contributed by atoms with Crippen LogP contribution >= 0.6 is 12.2 Å². The normalized spacial score (nSPS) is 12.8. The summed E-state index contributed by atoms with van der Waals surface area (Å²) in [5, 5.41) is 26.9. The van der Waals surface area contributed by atoms with E-state index in [4.69, 9.17) is 17.0 Å². The van der Waals surface area contributed by atoms with E-state index in [0.717, 1.165) is 41.1 Å². The first-order chi connectivity index (χ1) is 14.7. The van der Waals surface area contributed by atoms with Crippen LogP contribution in [0.15, 0.2) is 29.7 Å². The van der Waals surface area contributed by atoms with Crippen LogP contribution in [0.4, 0.5) is 0 Å². The topological polar surface area (TPSA) is 84.5 Å². The van der Waals surface area contributed by atoms with Gasteiger partial charge < -0.3 is 19.8 Å². The zero-order valence-electron chi connectivity index (χ0n) is 19.6. The first-order valence-electron chi connectivity index (χ1n) is 10.7. The van der Waals surface area contributed by atoms with Crippen molar-refractivity contribution in [3.63, 3.8) is 0 Å². The number of hydrogen-bond acceptors (Lipinski definition) is 5. The van der Waals surface area contributed by atoms with Crippen molar-refractivity contribution in [2.75, 3.05) is 20.7 Å². The molecule has 0 bridgehead atoms. The molecular formula is C24H35N3O3S. The molecule has 31 heavy (non-hydrogen) atoms. The molecule has 0 saturated heterocycles. The number of aromatic hydroxyl groups is 2. The van der Waals surface area contributed by atoms with Gasteiger partial charge in [-0.25, -0.2) is 0 Å². The monoisotopic (exact) mass is 445 g/mol. The standard InChI is InChI=1S/C24H35N3O3S/c1-8-21(30-7)18(27(6)9-2)11-10-15(5)22-23(25-26-24(22)31)17-12-16(14(3)4)19(28)13-20(17)29/h10,12-14,28-29H,8-9,11H2,1-7H3,(H2,25,26,31)/b15-10+,21-18-. The highest BCUT2D eigenvalue weighted by Gasteiger charge is 2.19. The Morgan fingerprint density at radius 1 is 1.19 bits per heavy atom. The second-order valence-electron chi connectivity index (χ2n) is 7.94. The van der Waals surface area contributed by atoms with E-state index < -0.39 is 0 Å². The van der Waals surface area contributed by atoms with Crippen molar-refractivity contribution in [3.05, 3.63) is 45.4 Å². The minimum atomic E-state index is 0.000142. The summed E-state index contributed by atoms with van der Waals surface area (Å²) in [4.78, 5) is 2.19. The number of hydrogen-bond donors (Lipinski definition) is 4. The number of nitrogens with one attached hydrogen (secondary N) is 2. The quantitative estimate of drug-likeness (QED) is 0.269.